The average molecular weight is 511 g/mol. The summed E-state index contributed by atoms with van der Waals surface area (Å²) >= 11 is 5.63. The minimum atomic E-state index is -4.44. The first-order chi connectivity index (χ1) is 16.7. The zero-order valence-corrected chi connectivity index (χ0v) is 20.9. The number of rotatable bonds is 7. The van der Waals surface area contributed by atoms with E-state index in [0.717, 1.165) is 24.9 Å². The minimum Gasteiger partial charge on any atom is -0.379 e. The van der Waals surface area contributed by atoms with E-state index >= 15 is 0 Å². The van der Waals surface area contributed by atoms with Gasteiger partial charge >= 0.3 is 6.18 Å². The lowest BCUT2D eigenvalue weighted by Gasteiger charge is -2.33. The summed E-state index contributed by atoms with van der Waals surface area (Å²) in [5.41, 5.74) is 1.44. The third-order valence-electron chi connectivity index (χ3n) is 7.31. The van der Waals surface area contributed by atoms with Crippen molar-refractivity contribution in [2.24, 2.45) is 11.8 Å². The van der Waals surface area contributed by atoms with Crippen LogP contribution >= 0.6 is 12.2 Å². The van der Waals surface area contributed by atoms with E-state index in [2.05, 4.69) is 20.5 Å². The topological polar surface area (TPSA) is 69.4 Å². The van der Waals surface area contributed by atoms with Gasteiger partial charge in [-0.3, -0.25) is 9.69 Å². The van der Waals surface area contributed by atoms with Crippen molar-refractivity contribution >= 4 is 34.0 Å². The largest absolute Gasteiger partial charge is 0.397 e. The summed E-state index contributed by atoms with van der Waals surface area (Å²) < 4.78 is 47.5. The van der Waals surface area contributed by atoms with E-state index in [-0.39, 0.29) is 30.4 Å². The fourth-order valence-electron chi connectivity index (χ4n) is 5.00. The Bertz CT molecular complexity index is 1050. The van der Waals surface area contributed by atoms with E-state index < -0.39 is 24.1 Å². The molecule has 3 N–H and O–H groups in total. The Kier molecular flexibility index (Phi) is 8.02. The van der Waals surface area contributed by atoms with Gasteiger partial charge in [-0.25, -0.2) is 0 Å². The van der Waals surface area contributed by atoms with E-state index in [1.54, 1.807) is 18.2 Å². The number of ether oxygens (including phenoxy) is 1. The second-order valence-corrected chi connectivity index (χ2v) is 10.0. The number of nitrogens with zero attached hydrogens (tertiary/aromatic N) is 1. The molecule has 1 amide bonds. The molecule has 35 heavy (non-hydrogen) atoms. The maximum atomic E-state index is 14.0. The van der Waals surface area contributed by atoms with Crippen LogP contribution in [0, 0.1) is 11.8 Å². The van der Waals surface area contributed by atoms with Crippen LogP contribution < -0.4 is 10.6 Å². The van der Waals surface area contributed by atoms with E-state index in [1.807, 2.05) is 19.9 Å². The number of hydrogen-bond acceptors (Lipinski definition) is 4. The molecule has 0 spiro atoms. The van der Waals surface area contributed by atoms with Crippen molar-refractivity contribution in [1.29, 1.82) is 0 Å². The van der Waals surface area contributed by atoms with Crippen LogP contribution in [0.15, 0.2) is 24.3 Å². The third kappa shape index (κ3) is 5.81. The SMILES string of the molecule is CCC(C)[C@H](NC(=O)C1Cc2c([nH]c3ccccc23)C(C(F)(F)F)C1)C(=S)NCN1CCOCC1. The van der Waals surface area contributed by atoms with E-state index in [0.29, 0.717) is 36.0 Å². The number of thiocarbonyl (C=S) groups is 1. The Labute approximate surface area is 209 Å². The number of nitrogens with one attached hydrogen (secondary N) is 3. The van der Waals surface area contributed by atoms with Gasteiger partial charge in [-0.05, 0) is 30.4 Å². The molecule has 1 fully saturated rings. The number of aromatic amines is 1. The molecule has 2 heterocycles. The van der Waals surface area contributed by atoms with Gasteiger partial charge < -0.3 is 20.4 Å². The van der Waals surface area contributed by atoms with Crippen molar-refractivity contribution in [3.63, 3.8) is 0 Å². The quantitative estimate of drug-likeness (QED) is 0.489. The molecule has 1 aromatic carbocycles. The Morgan fingerprint density at radius 1 is 1.29 bits per heavy atom. The summed E-state index contributed by atoms with van der Waals surface area (Å²) in [6.07, 6.45) is -3.69. The van der Waals surface area contributed by atoms with Gasteiger partial charge in [0.2, 0.25) is 5.91 Å². The molecule has 0 radical (unpaired) electrons. The highest BCUT2D eigenvalue weighted by Gasteiger charge is 2.48. The molecule has 1 aromatic heterocycles. The van der Waals surface area contributed by atoms with Gasteiger partial charge in [-0.15, -0.1) is 0 Å². The van der Waals surface area contributed by atoms with Crippen molar-refractivity contribution in [2.45, 2.75) is 51.2 Å². The highest BCUT2D eigenvalue weighted by molar-refractivity contribution is 7.80. The van der Waals surface area contributed by atoms with Crippen molar-refractivity contribution in [2.75, 3.05) is 33.0 Å². The van der Waals surface area contributed by atoms with Gasteiger partial charge in [-0.2, -0.15) is 13.2 Å². The Balaban J connectivity index is 1.50. The third-order valence-corrected chi connectivity index (χ3v) is 7.70. The van der Waals surface area contributed by atoms with Crippen LogP contribution in [0.5, 0.6) is 0 Å². The normalized spacial score (nSPS) is 22.9. The van der Waals surface area contributed by atoms with Crippen LogP contribution in [0.2, 0.25) is 0 Å². The summed E-state index contributed by atoms with van der Waals surface area (Å²) in [5.74, 6) is -2.84. The number of morpholine rings is 1. The van der Waals surface area contributed by atoms with Crippen LogP contribution in [0.1, 0.15) is 43.9 Å². The smallest absolute Gasteiger partial charge is 0.379 e. The van der Waals surface area contributed by atoms with E-state index in [4.69, 9.17) is 17.0 Å². The zero-order chi connectivity index (χ0) is 25.2. The minimum absolute atomic E-state index is 0.0364. The second kappa shape index (κ2) is 10.8. The molecule has 4 rings (SSSR count). The number of carbonyl (C=O) groups excluding carboxylic acids is 1. The van der Waals surface area contributed by atoms with Crippen molar-refractivity contribution in [3.05, 3.63) is 35.5 Å². The molecule has 0 saturated carbocycles. The number of amides is 1. The van der Waals surface area contributed by atoms with Gasteiger partial charge in [0.05, 0.1) is 36.8 Å². The second-order valence-electron chi connectivity index (χ2n) is 9.60. The number of aromatic nitrogens is 1. The molecule has 192 valence electrons. The molecule has 2 aromatic rings. The van der Waals surface area contributed by atoms with Crippen LogP contribution in [-0.2, 0) is 16.0 Å². The number of carbonyl (C=O) groups is 1. The van der Waals surface area contributed by atoms with Crippen LogP contribution in [-0.4, -0.2) is 66.0 Å². The molecule has 4 atom stereocenters. The highest BCUT2D eigenvalue weighted by atomic mass is 32.1. The molecule has 0 bridgehead atoms. The van der Waals surface area contributed by atoms with Gasteiger partial charge in [0.25, 0.3) is 0 Å². The highest BCUT2D eigenvalue weighted by Crippen LogP contribution is 2.46. The number of alkyl halides is 3. The number of halogens is 3. The van der Waals surface area contributed by atoms with Crippen LogP contribution in [0.25, 0.3) is 10.9 Å². The lowest BCUT2D eigenvalue weighted by Crippen LogP contribution is -2.54. The molecule has 3 unspecified atom stereocenters. The van der Waals surface area contributed by atoms with E-state index in [9.17, 15) is 18.0 Å². The molecule has 1 aliphatic heterocycles. The van der Waals surface area contributed by atoms with Crippen LogP contribution in [0.4, 0.5) is 13.2 Å². The van der Waals surface area contributed by atoms with Gasteiger partial charge in [-0.1, -0.05) is 50.7 Å². The van der Waals surface area contributed by atoms with Crippen molar-refractivity contribution in [3.8, 4) is 0 Å². The molecular weight excluding hydrogens is 477 g/mol. The van der Waals surface area contributed by atoms with Gasteiger partial charge in [0.1, 0.15) is 0 Å². The first-order valence-electron chi connectivity index (χ1n) is 12.2. The van der Waals surface area contributed by atoms with Crippen molar-refractivity contribution < 1.29 is 22.7 Å². The Morgan fingerprint density at radius 3 is 2.69 bits per heavy atom. The molecule has 6 nitrogen and oxygen atoms in total. The molecular formula is C25H33F3N4O2S. The molecule has 1 aliphatic carbocycles. The first-order valence-corrected chi connectivity index (χ1v) is 12.6. The standard InChI is InChI=1S/C25H33F3N4O2S/c1-3-15(2)21(24(35)29-14-32-8-10-34-11-9-32)31-23(33)16-12-18-17-6-4-5-7-20(17)30-22(18)19(13-16)25(26,27)28/h4-7,15-16,19,21,30H,3,8-14H2,1-2H3,(H,29,35)(H,31,33)/t15?,16?,19?,21-/m0/s1. The monoisotopic (exact) mass is 510 g/mol. The maximum absolute atomic E-state index is 14.0. The summed E-state index contributed by atoms with van der Waals surface area (Å²) in [6, 6.07) is 6.73. The van der Waals surface area contributed by atoms with Crippen LogP contribution in [0.3, 0.4) is 0 Å². The molecule has 2 aliphatic rings. The van der Waals surface area contributed by atoms with Gasteiger partial charge in [0, 0.05) is 35.6 Å². The lowest BCUT2D eigenvalue weighted by atomic mass is 9.78. The number of hydrogen-bond donors (Lipinski definition) is 3. The fourth-order valence-corrected chi connectivity index (χ4v) is 5.36. The Hall–Kier alpha value is -2.17. The summed E-state index contributed by atoms with van der Waals surface area (Å²) in [4.78, 5) is 19.0. The summed E-state index contributed by atoms with van der Waals surface area (Å²) in [7, 11) is 0. The number of H-pyrrole nitrogens is 1. The predicted octanol–water partition coefficient (Wildman–Crippen LogP) is 4.11. The predicted molar refractivity (Wildman–Crippen MR) is 133 cm³/mol. The van der Waals surface area contributed by atoms with Crippen molar-refractivity contribution in [1.82, 2.24) is 20.5 Å². The number of benzene rings is 1. The average Bonchev–Trinajstić information content (AvgIpc) is 3.23. The number of para-hydroxylation sites is 1. The molecule has 10 heteroatoms. The van der Waals surface area contributed by atoms with E-state index in [1.165, 1.54) is 0 Å². The fraction of sp³-hybridized carbons (Fsp3) is 0.600. The number of fused-ring (bicyclic) bond motifs is 3. The first kappa shape index (κ1) is 25.9. The Morgan fingerprint density at radius 2 is 2.00 bits per heavy atom. The lowest BCUT2D eigenvalue weighted by molar-refractivity contribution is -0.158. The molecule has 1 saturated heterocycles. The summed E-state index contributed by atoms with van der Waals surface area (Å²) in [6.45, 7) is 7.46. The zero-order valence-electron chi connectivity index (χ0n) is 20.1. The summed E-state index contributed by atoms with van der Waals surface area (Å²) in [5, 5.41) is 7.00. The maximum Gasteiger partial charge on any atom is 0.397 e. The van der Waals surface area contributed by atoms with Gasteiger partial charge in [0.15, 0.2) is 0 Å².